The first kappa shape index (κ1) is 16.8. The molecule has 0 radical (unpaired) electrons. The van der Waals surface area contributed by atoms with E-state index in [1.165, 1.54) is 6.42 Å². The van der Waals surface area contributed by atoms with Crippen molar-refractivity contribution in [2.45, 2.75) is 56.9 Å². The highest BCUT2D eigenvalue weighted by molar-refractivity contribution is 6.30. The lowest BCUT2D eigenvalue weighted by Crippen LogP contribution is -2.54. The Balaban J connectivity index is 1.83. The molecular formula is C19H27ClN2O. The van der Waals surface area contributed by atoms with Crippen molar-refractivity contribution in [1.29, 1.82) is 0 Å². The molecule has 4 heteroatoms. The lowest BCUT2D eigenvalue weighted by atomic mass is 9.68. The molecule has 23 heavy (non-hydrogen) atoms. The fraction of sp³-hybridized carbons (Fsp3) is 0.632. The minimum absolute atomic E-state index is 0.221. The highest BCUT2D eigenvalue weighted by Gasteiger charge is 2.42. The quantitative estimate of drug-likeness (QED) is 0.885. The summed E-state index contributed by atoms with van der Waals surface area (Å²) in [6.07, 6.45) is 6.38. The summed E-state index contributed by atoms with van der Waals surface area (Å²) in [7, 11) is 0. The van der Waals surface area contributed by atoms with Crippen LogP contribution in [0.5, 0.6) is 0 Å². The second kappa shape index (κ2) is 7.23. The molecule has 2 aliphatic rings. The number of amides is 1. The Kier molecular flexibility index (Phi) is 5.27. The Labute approximate surface area is 144 Å². The molecule has 3 nitrogen and oxygen atoms in total. The van der Waals surface area contributed by atoms with Crippen LogP contribution in [0.15, 0.2) is 24.3 Å². The molecule has 3 rings (SSSR count). The van der Waals surface area contributed by atoms with E-state index in [2.05, 4.69) is 17.6 Å². The fourth-order valence-corrected chi connectivity index (χ4v) is 4.23. The number of nitrogens with one attached hydrogen (secondary N) is 2. The third-order valence-corrected chi connectivity index (χ3v) is 5.89. The van der Waals surface area contributed by atoms with Gasteiger partial charge in [-0.15, -0.1) is 0 Å². The summed E-state index contributed by atoms with van der Waals surface area (Å²) in [5, 5.41) is 7.51. The van der Waals surface area contributed by atoms with Crippen LogP contribution >= 0.6 is 11.6 Å². The summed E-state index contributed by atoms with van der Waals surface area (Å²) in [5.74, 6) is 0.705. The highest BCUT2D eigenvalue weighted by atomic mass is 35.5. The minimum Gasteiger partial charge on any atom is -0.352 e. The number of halogens is 1. The third kappa shape index (κ3) is 3.56. The molecule has 1 aliphatic heterocycles. The van der Waals surface area contributed by atoms with Crippen molar-refractivity contribution >= 4 is 17.5 Å². The third-order valence-electron chi connectivity index (χ3n) is 5.64. The van der Waals surface area contributed by atoms with Gasteiger partial charge in [0, 0.05) is 11.1 Å². The van der Waals surface area contributed by atoms with E-state index in [4.69, 9.17) is 11.6 Å². The lowest BCUT2D eigenvalue weighted by Gasteiger charge is -2.39. The number of rotatable bonds is 3. The van der Waals surface area contributed by atoms with Gasteiger partial charge in [0.2, 0.25) is 5.91 Å². The van der Waals surface area contributed by atoms with Crippen LogP contribution in [0.1, 0.15) is 51.0 Å². The lowest BCUT2D eigenvalue weighted by molar-refractivity contribution is -0.129. The van der Waals surface area contributed by atoms with Crippen molar-refractivity contribution in [3.63, 3.8) is 0 Å². The van der Waals surface area contributed by atoms with Crippen molar-refractivity contribution < 1.29 is 4.79 Å². The van der Waals surface area contributed by atoms with Crippen LogP contribution in [0.25, 0.3) is 0 Å². The molecule has 2 atom stereocenters. The molecular weight excluding hydrogens is 308 g/mol. The first-order chi connectivity index (χ1) is 11.1. The van der Waals surface area contributed by atoms with Gasteiger partial charge in [0.05, 0.1) is 5.41 Å². The summed E-state index contributed by atoms with van der Waals surface area (Å²) >= 11 is 6.04. The zero-order valence-corrected chi connectivity index (χ0v) is 14.7. The molecule has 1 aromatic carbocycles. The Morgan fingerprint density at radius 3 is 2.57 bits per heavy atom. The molecule has 1 saturated heterocycles. The molecule has 2 N–H and O–H groups in total. The fourth-order valence-electron chi connectivity index (χ4n) is 4.11. The number of benzene rings is 1. The van der Waals surface area contributed by atoms with E-state index in [1.54, 1.807) is 0 Å². The summed E-state index contributed by atoms with van der Waals surface area (Å²) in [4.78, 5) is 13.3. The average molecular weight is 335 g/mol. The summed E-state index contributed by atoms with van der Waals surface area (Å²) in [6, 6.07) is 8.19. The van der Waals surface area contributed by atoms with E-state index < -0.39 is 0 Å². The van der Waals surface area contributed by atoms with Crippen LogP contribution in [0.2, 0.25) is 5.02 Å². The van der Waals surface area contributed by atoms with Crippen LogP contribution < -0.4 is 10.6 Å². The number of hydrogen-bond donors (Lipinski definition) is 2. The number of piperidine rings is 1. The maximum absolute atomic E-state index is 13.3. The zero-order chi connectivity index (χ0) is 16.3. The maximum atomic E-state index is 13.3. The monoisotopic (exact) mass is 334 g/mol. The second-order valence-corrected chi connectivity index (χ2v) is 7.64. The smallest absolute Gasteiger partial charge is 0.230 e. The van der Waals surface area contributed by atoms with Gasteiger partial charge in [-0.2, -0.15) is 0 Å². The van der Waals surface area contributed by atoms with Crippen LogP contribution in [-0.2, 0) is 10.2 Å². The Hall–Kier alpha value is -1.06. The van der Waals surface area contributed by atoms with Gasteiger partial charge >= 0.3 is 0 Å². The molecule has 1 saturated carbocycles. The van der Waals surface area contributed by atoms with Gasteiger partial charge in [-0.05, 0) is 56.0 Å². The predicted octanol–water partition coefficient (Wildman–Crippen LogP) is 3.66. The molecule has 2 unspecified atom stereocenters. The highest BCUT2D eigenvalue weighted by Crippen LogP contribution is 2.40. The first-order valence-corrected chi connectivity index (χ1v) is 9.27. The number of hydrogen-bond acceptors (Lipinski definition) is 2. The van der Waals surface area contributed by atoms with Crippen LogP contribution in [0.4, 0.5) is 0 Å². The number of carbonyl (C=O) groups is 1. The van der Waals surface area contributed by atoms with Crippen molar-refractivity contribution in [2.75, 3.05) is 13.1 Å². The second-order valence-electron chi connectivity index (χ2n) is 7.20. The van der Waals surface area contributed by atoms with E-state index in [-0.39, 0.29) is 17.4 Å². The van der Waals surface area contributed by atoms with Gasteiger partial charge in [0.15, 0.2) is 0 Å². The van der Waals surface area contributed by atoms with Crippen molar-refractivity contribution in [3.05, 3.63) is 34.9 Å². The molecule has 0 aromatic heterocycles. The van der Waals surface area contributed by atoms with Crippen molar-refractivity contribution in [1.82, 2.24) is 10.6 Å². The molecule has 0 bridgehead atoms. The van der Waals surface area contributed by atoms with Crippen molar-refractivity contribution in [3.8, 4) is 0 Å². The topological polar surface area (TPSA) is 41.1 Å². The van der Waals surface area contributed by atoms with Gasteiger partial charge < -0.3 is 10.6 Å². The van der Waals surface area contributed by atoms with Gasteiger partial charge in [-0.1, -0.05) is 49.9 Å². The summed E-state index contributed by atoms with van der Waals surface area (Å²) in [5.41, 5.74) is 0.758. The SMILES string of the molecule is CC1CNCCC1NC(=O)C1(c2ccc(Cl)cc2)CCCCC1. The van der Waals surface area contributed by atoms with E-state index in [1.807, 2.05) is 24.3 Å². The molecule has 2 fully saturated rings. The molecule has 1 amide bonds. The molecule has 0 spiro atoms. The molecule has 126 valence electrons. The van der Waals surface area contributed by atoms with E-state index in [0.29, 0.717) is 5.92 Å². The van der Waals surface area contributed by atoms with Gasteiger partial charge in [0.1, 0.15) is 0 Å². The molecule has 1 aliphatic carbocycles. The number of carbonyl (C=O) groups excluding carboxylic acids is 1. The van der Waals surface area contributed by atoms with E-state index in [9.17, 15) is 4.79 Å². The van der Waals surface area contributed by atoms with Gasteiger partial charge in [0.25, 0.3) is 0 Å². The summed E-state index contributed by atoms with van der Waals surface area (Å²) in [6.45, 7) is 4.19. The Morgan fingerprint density at radius 1 is 1.22 bits per heavy atom. The van der Waals surface area contributed by atoms with E-state index in [0.717, 1.165) is 55.8 Å². The summed E-state index contributed by atoms with van der Waals surface area (Å²) < 4.78 is 0. The average Bonchev–Trinajstić information content (AvgIpc) is 2.58. The normalized spacial score (nSPS) is 27.4. The standard InChI is InChI=1S/C19H27ClN2O/c1-14-13-21-12-9-17(14)22-18(23)19(10-3-2-4-11-19)15-5-7-16(20)8-6-15/h5-8,14,17,21H,2-4,9-13H2,1H3,(H,22,23). The first-order valence-electron chi connectivity index (χ1n) is 8.89. The molecule has 1 aromatic rings. The Bertz CT molecular complexity index is 537. The van der Waals surface area contributed by atoms with Crippen LogP contribution in [-0.4, -0.2) is 25.0 Å². The minimum atomic E-state index is -0.368. The largest absolute Gasteiger partial charge is 0.352 e. The molecule has 1 heterocycles. The van der Waals surface area contributed by atoms with E-state index >= 15 is 0 Å². The Morgan fingerprint density at radius 2 is 1.91 bits per heavy atom. The van der Waals surface area contributed by atoms with Gasteiger partial charge in [-0.25, -0.2) is 0 Å². The van der Waals surface area contributed by atoms with Crippen LogP contribution in [0.3, 0.4) is 0 Å². The van der Waals surface area contributed by atoms with Crippen LogP contribution in [0, 0.1) is 5.92 Å². The zero-order valence-electron chi connectivity index (χ0n) is 13.9. The maximum Gasteiger partial charge on any atom is 0.230 e. The van der Waals surface area contributed by atoms with Crippen molar-refractivity contribution in [2.24, 2.45) is 5.92 Å². The van der Waals surface area contributed by atoms with Gasteiger partial charge in [-0.3, -0.25) is 4.79 Å². The predicted molar refractivity (Wildman–Crippen MR) is 94.8 cm³/mol.